The third kappa shape index (κ3) is 3.08. The van der Waals surface area contributed by atoms with Crippen LogP contribution in [-0.2, 0) is 4.74 Å². The van der Waals surface area contributed by atoms with Crippen LogP contribution in [0.4, 0.5) is 4.39 Å². The summed E-state index contributed by atoms with van der Waals surface area (Å²) in [6.07, 6.45) is -0.285. The predicted molar refractivity (Wildman–Crippen MR) is 57.0 cm³/mol. The summed E-state index contributed by atoms with van der Waals surface area (Å²) in [6, 6.07) is 2.14. The monoisotopic (exact) mass is 250 g/mol. The van der Waals surface area contributed by atoms with E-state index in [0.29, 0.717) is 0 Å². The molecule has 0 aliphatic heterocycles. The molecule has 82 valence electrons. The maximum absolute atomic E-state index is 13.1. The van der Waals surface area contributed by atoms with Gasteiger partial charge in [0.1, 0.15) is 5.82 Å². The van der Waals surface area contributed by atoms with Gasteiger partial charge < -0.3 is 4.74 Å². The Bertz CT molecular complexity index is 391. The first-order chi connectivity index (χ1) is 6.91. The SMILES string of the molecule is CC(C)OC(=O)c1cc(F)c(Cl)cc1Cl. The largest absolute Gasteiger partial charge is 0.459 e. The second kappa shape index (κ2) is 4.81. The number of carbonyl (C=O) groups is 1. The summed E-state index contributed by atoms with van der Waals surface area (Å²) in [7, 11) is 0. The van der Waals surface area contributed by atoms with Crippen molar-refractivity contribution in [3.63, 3.8) is 0 Å². The fourth-order valence-electron chi connectivity index (χ4n) is 0.957. The molecule has 0 aliphatic carbocycles. The predicted octanol–water partition coefficient (Wildman–Crippen LogP) is 3.70. The molecule has 0 radical (unpaired) electrons. The van der Waals surface area contributed by atoms with E-state index in [0.717, 1.165) is 6.07 Å². The minimum Gasteiger partial charge on any atom is -0.459 e. The van der Waals surface area contributed by atoms with Gasteiger partial charge in [0.25, 0.3) is 0 Å². The Morgan fingerprint density at radius 2 is 1.93 bits per heavy atom. The van der Waals surface area contributed by atoms with Crippen molar-refractivity contribution in [3.8, 4) is 0 Å². The van der Waals surface area contributed by atoms with Crippen LogP contribution in [0.5, 0.6) is 0 Å². The average molecular weight is 251 g/mol. The number of rotatable bonds is 2. The van der Waals surface area contributed by atoms with E-state index in [1.54, 1.807) is 13.8 Å². The highest BCUT2D eigenvalue weighted by atomic mass is 35.5. The minimum absolute atomic E-state index is 0.0210. The van der Waals surface area contributed by atoms with Gasteiger partial charge in [-0.25, -0.2) is 9.18 Å². The van der Waals surface area contributed by atoms with Gasteiger partial charge >= 0.3 is 5.97 Å². The van der Waals surface area contributed by atoms with Crippen LogP contribution in [0.2, 0.25) is 10.0 Å². The highest BCUT2D eigenvalue weighted by molar-refractivity contribution is 6.36. The van der Waals surface area contributed by atoms with Crippen molar-refractivity contribution in [1.82, 2.24) is 0 Å². The fraction of sp³-hybridized carbons (Fsp3) is 0.300. The normalized spacial score (nSPS) is 10.5. The van der Waals surface area contributed by atoms with Gasteiger partial charge in [0.05, 0.1) is 21.7 Å². The van der Waals surface area contributed by atoms with Crippen LogP contribution in [0.15, 0.2) is 12.1 Å². The summed E-state index contributed by atoms with van der Waals surface area (Å²) in [5, 5.41) is -0.0480. The number of carbonyl (C=O) groups excluding carboxylic acids is 1. The summed E-state index contributed by atoms with van der Waals surface area (Å²) in [5.74, 6) is -1.36. The molecule has 2 nitrogen and oxygen atoms in total. The Morgan fingerprint density at radius 3 is 2.47 bits per heavy atom. The third-order valence-corrected chi connectivity index (χ3v) is 2.17. The fourth-order valence-corrected chi connectivity index (χ4v) is 1.42. The smallest absolute Gasteiger partial charge is 0.340 e. The molecule has 0 aliphatic rings. The Hall–Kier alpha value is -0.800. The molecule has 0 unspecified atom stereocenters. The average Bonchev–Trinajstić information content (AvgIpc) is 2.09. The van der Waals surface area contributed by atoms with Crippen LogP contribution in [-0.4, -0.2) is 12.1 Å². The van der Waals surface area contributed by atoms with Crippen LogP contribution in [0, 0.1) is 5.82 Å². The van der Waals surface area contributed by atoms with Crippen molar-refractivity contribution in [2.45, 2.75) is 20.0 Å². The Balaban J connectivity index is 3.04. The van der Waals surface area contributed by atoms with Crippen LogP contribution in [0.1, 0.15) is 24.2 Å². The maximum atomic E-state index is 13.1. The molecule has 5 heteroatoms. The van der Waals surface area contributed by atoms with E-state index in [1.165, 1.54) is 6.07 Å². The lowest BCUT2D eigenvalue weighted by Gasteiger charge is -2.09. The summed E-state index contributed by atoms with van der Waals surface area (Å²) < 4.78 is 17.9. The van der Waals surface area contributed by atoms with Gasteiger partial charge in [-0.3, -0.25) is 0 Å². The van der Waals surface area contributed by atoms with Gasteiger partial charge in [-0.1, -0.05) is 23.2 Å². The zero-order chi connectivity index (χ0) is 11.6. The van der Waals surface area contributed by atoms with E-state index < -0.39 is 11.8 Å². The van der Waals surface area contributed by atoms with Crippen molar-refractivity contribution >= 4 is 29.2 Å². The first kappa shape index (κ1) is 12.3. The van der Waals surface area contributed by atoms with E-state index in [-0.39, 0.29) is 21.7 Å². The first-order valence-electron chi connectivity index (χ1n) is 4.27. The standard InChI is InChI=1S/C10H9Cl2FO2/c1-5(2)15-10(14)6-3-9(13)8(12)4-7(6)11/h3-5H,1-2H3. The second-order valence-corrected chi connectivity index (χ2v) is 4.01. The maximum Gasteiger partial charge on any atom is 0.340 e. The van der Waals surface area contributed by atoms with Gasteiger partial charge in [-0.15, -0.1) is 0 Å². The lowest BCUT2D eigenvalue weighted by molar-refractivity contribution is 0.0377. The topological polar surface area (TPSA) is 26.3 Å². The number of hydrogen-bond acceptors (Lipinski definition) is 2. The molecule has 0 amide bonds. The Labute approximate surface area is 96.9 Å². The Kier molecular flexibility index (Phi) is 3.94. The minimum atomic E-state index is -0.697. The van der Waals surface area contributed by atoms with E-state index >= 15 is 0 Å². The molecule has 1 aromatic rings. The molecular weight excluding hydrogens is 242 g/mol. The zero-order valence-electron chi connectivity index (χ0n) is 8.18. The molecule has 0 saturated heterocycles. The van der Waals surface area contributed by atoms with Crippen LogP contribution < -0.4 is 0 Å². The van der Waals surface area contributed by atoms with E-state index in [9.17, 15) is 9.18 Å². The molecular formula is C10H9Cl2FO2. The molecule has 0 bridgehead atoms. The van der Waals surface area contributed by atoms with Crippen LogP contribution in [0.25, 0.3) is 0 Å². The molecule has 0 spiro atoms. The van der Waals surface area contributed by atoms with Crippen molar-refractivity contribution < 1.29 is 13.9 Å². The van der Waals surface area contributed by atoms with Crippen molar-refractivity contribution in [2.75, 3.05) is 0 Å². The lowest BCUT2D eigenvalue weighted by atomic mass is 10.2. The number of halogens is 3. The van der Waals surface area contributed by atoms with Gasteiger partial charge in [-0.2, -0.15) is 0 Å². The molecule has 15 heavy (non-hydrogen) atoms. The summed E-state index contributed by atoms with van der Waals surface area (Å²) >= 11 is 11.2. The van der Waals surface area contributed by atoms with Crippen LogP contribution in [0.3, 0.4) is 0 Å². The Morgan fingerprint density at radius 1 is 1.33 bits per heavy atom. The van der Waals surface area contributed by atoms with E-state index in [4.69, 9.17) is 27.9 Å². The molecule has 1 aromatic carbocycles. The number of hydrogen-bond donors (Lipinski definition) is 0. The van der Waals surface area contributed by atoms with Crippen LogP contribution >= 0.6 is 23.2 Å². The third-order valence-electron chi connectivity index (χ3n) is 1.57. The number of benzene rings is 1. The summed E-state index contributed by atoms with van der Waals surface area (Å²) in [5.41, 5.74) is -0.0210. The first-order valence-corrected chi connectivity index (χ1v) is 5.03. The number of esters is 1. The molecule has 0 saturated carbocycles. The summed E-state index contributed by atoms with van der Waals surface area (Å²) in [4.78, 5) is 11.4. The second-order valence-electron chi connectivity index (χ2n) is 3.20. The zero-order valence-corrected chi connectivity index (χ0v) is 9.69. The van der Waals surface area contributed by atoms with E-state index in [2.05, 4.69) is 0 Å². The van der Waals surface area contributed by atoms with Gasteiger partial charge in [0, 0.05) is 0 Å². The van der Waals surface area contributed by atoms with Gasteiger partial charge in [-0.05, 0) is 26.0 Å². The molecule has 0 N–H and O–H groups in total. The highest BCUT2D eigenvalue weighted by Gasteiger charge is 2.16. The lowest BCUT2D eigenvalue weighted by Crippen LogP contribution is -2.12. The van der Waals surface area contributed by atoms with E-state index in [1.807, 2.05) is 0 Å². The van der Waals surface area contributed by atoms with Crippen molar-refractivity contribution in [2.24, 2.45) is 0 Å². The molecule has 1 rings (SSSR count). The molecule has 0 atom stereocenters. The number of ether oxygens (including phenoxy) is 1. The van der Waals surface area contributed by atoms with Gasteiger partial charge in [0.2, 0.25) is 0 Å². The molecule has 0 aromatic heterocycles. The summed E-state index contributed by atoms with van der Waals surface area (Å²) in [6.45, 7) is 3.39. The quantitative estimate of drug-likeness (QED) is 0.591. The highest BCUT2D eigenvalue weighted by Crippen LogP contribution is 2.25. The van der Waals surface area contributed by atoms with Crippen molar-refractivity contribution in [3.05, 3.63) is 33.6 Å². The molecule has 0 fully saturated rings. The van der Waals surface area contributed by atoms with Gasteiger partial charge in [0.15, 0.2) is 0 Å². The van der Waals surface area contributed by atoms with Crippen molar-refractivity contribution in [1.29, 1.82) is 0 Å². The molecule has 0 heterocycles.